The van der Waals surface area contributed by atoms with Crippen molar-refractivity contribution >= 4 is 29.2 Å². The third-order valence-electron chi connectivity index (χ3n) is 3.18. The number of nitrogens with one attached hydrogen (secondary N) is 1. The Morgan fingerprint density at radius 2 is 1.89 bits per heavy atom. The number of carbonyl (C=O) groups is 2. The van der Waals surface area contributed by atoms with Crippen LogP contribution in [0.5, 0.6) is 0 Å². The molecule has 5 heteroatoms. The smallest absolute Gasteiger partial charge is 0.307 e. The second kappa shape index (κ2) is 5.89. The van der Waals surface area contributed by atoms with Gasteiger partial charge in [-0.3, -0.25) is 9.59 Å². The van der Waals surface area contributed by atoms with Crippen LogP contribution in [0.25, 0.3) is 0 Å². The van der Waals surface area contributed by atoms with Crippen LogP contribution in [0.1, 0.15) is 12.8 Å². The summed E-state index contributed by atoms with van der Waals surface area (Å²) in [6, 6.07) is 6.79. The van der Waals surface area contributed by atoms with Crippen LogP contribution in [0.15, 0.2) is 36.4 Å². The highest BCUT2D eigenvalue weighted by Crippen LogP contribution is 2.27. The molecule has 19 heavy (non-hydrogen) atoms. The molecule has 1 aromatic rings. The summed E-state index contributed by atoms with van der Waals surface area (Å²) in [5.74, 6) is -2.42. The first-order chi connectivity index (χ1) is 9.08. The molecular formula is C14H14ClNO3. The van der Waals surface area contributed by atoms with Crippen LogP contribution in [0.2, 0.25) is 5.02 Å². The molecule has 1 aliphatic rings. The van der Waals surface area contributed by atoms with Gasteiger partial charge >= 0.3 is 5.97 Å². The molecule has 0 unspecified atom stereocenters. The molecule has 2 atom stereocenters. The third kappa shape index (κ3) is 3.35. The van der Waals surface area contributed by atoms with Gasteiger partial charge in [0.2, 0.25) is 5.91 Å². The first-order valence-corrected chi connectivity index (χ1v) is 6.40. The van der Waals surface area contributed by atoms with E-state index in [1.54, 1.807) is 24.3 Å². The fraction of sp³-hybridized carbons (Fsp3) is 0.286. The van der Waals surface area contributed by atoms with Crippen molar-refractivity contribution in [3.63, 3.8) is 0 Å². The number of hydrogen-bond donors (Lipinski definition) is 2. The van der Waals surface area contributed by atoms with Crippen molar-refractivity contribution < 1.29 is 14.7 Å². The molecule has 0 heterocycles. The number of carboxylic acid groups (broad SMARTS) is 1. The predicted molar refractivity (Wildman–Crippen MR) is 73.1 cm³/mol. The number of amides is 1. The lowest BCUT2D eigenvalue weighted by atomic mass is 9.82. The van der Waals surface area contributed by atoms with Gasteiger partial charge in [0.05, 0.1) is 11.8 Å². The highest BCUT2D eigenvalue weighted by molar-refractivity contribution is 6.30. The Kier molecular flexibility index (Phi) is 4.22. The maximum atomic E-state index is 12.1. The Bertz CT molecular complexity index is 527. The van der Waals surface area contributed by atoms with E-state index in [-0.39, 0.29) is 5.91 Å². The van der Waals surface area contributed by atoms with Crippen molar-refractivity contribution in [3.8, 4) is 0 Å². The maximum Gasteiger partial charge on any atom is 0.307 e. The minimum atomic E-state index is -0.935. The zero-order valence-electron chi connectivity index (χ0n) is 10.2. The monoisotopic (exact) mass is 279 g/mol. The van der Waals surface area contributed by atoms with Crippen LogP contribution in [0.3, 0.4) is 0 Å². The number of aliphatic carboxylic acids is 1. The number of carboxylic acids is 1. The molecule has 0 aromatic heterocycles. The summed E-state index contributed by atoms with van der Waals surface area (Å²) in [7, 11) is 0. The van der Waals surface area contributed by atoms with E-state index < -0.39 is 17.8 Å². The summed E-state index contributed by atoms with van der Waals surface area (Å²) >= 11 is 5.84. The number of anilines is 1. The highest BCUT2D eigenvalue weighted by atomic mass is 35.5. The SMILES string of the molecule is O=C(O)[C@H]1CC=CC[C@H]1C(=O)Nc1cccc(Cl)c1. The molecule has 0 aliphatic heterocycles. The Morgan fingerprint density at radius 3 is 2.53 bits per heavy atom. The normalized spacial score (nSPS) is 21.9. The van der Waals surface area contributed by atoms with Gasteiger partial charge in [0, 0.05) is 10.7 Å². The molecule has 0 fully saturated rings. The van der Waals surface area contributed by atoms with Crippen LogP contribution in [-0.2, 0) is 9.59 Å². The topological polar surface area (TPSA) is 66.4 Å². The number of halogens is 1. The van der Waals surface area contributed by atoms with Crippen molar-refractivity contribution in [2.45, 2.75) is 12.8 Å². The summed E-state index contributed by atoms with van der Waals surface area (Å²) in [4.78, 5) is 23.3. The van der Waals surface area contributed by atoms with Gasteiger partial charge < -0.3 is 10.4 Å². The van der Waals surface area contributed by atoms with Crippen molar-refractivity contribution in [2.75, 3.05) is 5.32 Å². The first kappa shape index (κ1) is 13.6. The molecule has 100 valence electrons. The minimum Gasteiger partial charge on any atom is -0.481 e. The van der Waals surface area contributed by atoms with Crippen LogP contribution in [0, 0.1) is 11.8 Å². The zero-order valence-corrected chi connectivity index (χ0v) is 10.9. The van der Waals surface area contributed by atoms with E-state index in [9.17, 15) is 9.59 Å². The fourth-order valence-corrected chi connectivity index (χ4v) is 2.37. The molecule has 0 spiro atoms. The number of carbonyl (C=O) groups excluding carboxylic acids is 1. The Balaban J connectivity index is 2.10. The molecule has 4 nitrogen and oxygen atoms in total. The lowest BCUT2D eigenvalue weighted by molar-refractivity contribution is -0.146. The quantitative estimate of drug-likeness (QED) is 0.836. The summed E-state index contributed by atoms with van der Waals surface area (Å²) in [5, 5.41) is 12.4. The lowest BCUT2D eigenvalue weighted by Gasteiger charge is -2.24. The number of benzene rings is 1. The van der Waals surface area contributed by atoms with Gasteiger partial charge in [0.1, 0.15) is 0 Å². The van der Waals surface area contributed by atoms with E-state index in [0.29, 0.717) is 23.6 Å². The molecule has 2 N–H and O–H groups in total. The van der Waals surface area contributed by atoms with Crippen molar-refractivity contribution in [3.05, 3.63) is 41.4 Å². The highest BCUT2D eigenvalue weighted by Gasteiger charge is 2.33. The molecule has 1 aliphatic carbocycles. The average molecular weight is 280 g/mol. The average Bonchev–Trinajstić information content (AvgIpc) is 2.38. The standard InChI is InChI=1S/C14H14ClNO3/c15-9-4-3-5-10(8-9)16-13(17)11-6-1-2-7-12(11)14(18)19/h1-5,8,11-12H,6-7H2,(H,16,17)(H,18,19)/t11-,12+/m1/s1. The molecule has 0 bridgehead atoms. The van der Waals surface area contributed by atoms with Gasteiger partial charge in [-0.15, -0.1) is 0 Å². The van der Waals surface area contributed by atoms with Gasteiger partial charge in [-0.2, -0.15) is 0 Å². The fourth-order valence-electron chi connectivity index (χ4n) is 2.18. The van der Waals surface area contributed by atoms with Crippen LogP contribution in [0.4, 0.5) is 5.69 Å². The van der Waals surface area contributed by atoms with E-state index in [2.05, 4.69) is 5.32 Å². The van der Waals surface area contributed by atoms with Gasteiger partial charge in [-0.25, -0.2) is 0 Å². The summed E-state index contributed by atoms with van der Waals surface area (Å²) in [5.41, 5.74) is 0.580. The molecule has 1 aromatic carbocycles. The van der Waals surface area contributed by atoms with Gasteiger partial charge in [-0.05, 0) is 31.0 Å². The van der Waals surface area contributed by atoms with E-state index in [1.165, 1.54) is 0 Å². The summed E-state index contributed by atoms with van der Waals surface area (Å²) in [6.07, 6.45) is 4.50. The van der Waals surface area contributed by atoms with Gasteiger partial charge in [0.15, 0.2) is 0 Å². The molecular weight excluding hydrogens is 266 g/mol. The largest absolute Gasteiger partial charge is 0.481 e. The predicted octanol–water partition coefficient (Wildman–Crippen LogP) is 2.95. The molecule has 0 radical (unpaired) electrons. The molecule has 0 saturated heterocycles. The summed E-state index contributed by atoms with van der Waals surface area (Å²) < 4.78 is 0. The number of rotatable bonds is 3. The zero-order chi connectivity index (χ0) is 13.8. The van der Waals surface area contributed by atoms with Crippen molar-refractivity contribution in [1.29, 1.82) is 0 Å². The Morgan fingerprint density at radius 1 is 1.21 bits per heavy atom. The van der Waals surface area contributed by atoms with E-state index in [4.69, 9.17) is 16.7 Å². The van der Waals surface area contributed by atoms with Crippen molar-refractivity contribution in [1.82, 2.24) is 0 Å². The van der Waals surface area contributed by atoms with Crippen molar-refractivity contribution in [2.24, 2.45) is 11.8 Å². The van der Waals surface area contributed by atoms with Crippen LogP contribution >= 0.6 is 11.6 Å². The van der Waals surface area contributed by atoms with E-state index in [1.807, 2.05) is 12.2 Å². The molecule has 0 saturated carbocycles. The minimum absolute atomic E-state index is 0.279. The number of allylic oxidation sites excluding steroid dienone is 2. The number of hydrogen-bond acceptors (Lipinski definition) is 2. The van der Waals surface area contributed by atoms with Crippen LogP contribution in [-0.4, -0.2) is 17.0 Å². The Hall–Kier alpha value is -1.81. The second-order valence-corrected chi connectivity index (χ2v) is 4.93. The summed E-state index contributed by atoms with van der Waals surface area (Å²) in [6.45, 7) is 0. The first-order valence-electron chi connectivity index (χ1n) is 6.02. The second-order valence-electron chi connectivity index (χ2n) is 4.49. The van der Waals surface area contributed by atoms with E-state index >= 15 is 0 Å². The van der Waals surface area contributed by atoms with Crippen LogP contribution < -0.4 is 5.32 Å². The molecule has 1 amide bonds. The van der Waals surface area contributed by atoms with E-state index in [0.717, 1.165) is 0 Å². The Labute approximate surface area is 116 Å². The maximum absolute atomic E-state index is 12.1. The molecule has 2 rings (SSSR count). The van der Waals surface area contributed by atoms with Gasteiger partial charge in [0.25, 0.3) is 0 Å². The third-order valence-corrected chi connectivity index (χ3v) is 3.41. The lowest BCUT2D eigenvalue weighted by Crippen LogP contribution is -2.34. The van der Waals surface area contributed by atoms with Gasteiger partial charge in [-0.1, -0.05) is 29.8 Å².